The van der Waals surface area contributed by atoms with E-state index in [-0.39, 0.29) is 5.97 Å². The first-order valence-corrected chi connectivity index (χ1v) is 7.43. The van der Waals surface area contributed by atoms with Gasteiger partial charge in [0.15, 0.2) is 0 Å². The van der Waals surface area contributed by atoms with Crippen molar-refractivity contribution in [2.75, 3.05) is 13.7 Å². The van der Waals surface area contributed by atoms with Crippen molar-refractivity contribution in [2.24, 2.45) is 0 Å². The zero-order valence-electron chi connectivity index (χ0n) is 13.0. The van der Waals surface area contributed by atoms with Crippen LogP contribution in [0.3, 0.4) is 0 Å². The minimum Gasteiger partial charge on any atom is -0.465 e. The van der Waals surface area contributed by atoms with Crippen molar-refractivity contribution < 1.29 is 9.53 Å². The zero-order valence-corrected chi connectivity index (χ0v) is 13.0. The molecule has 1 aliphatic rings. The van der Waals surface area contributed by atoms with Crippen LogP contribution in [0.1, 0.15) is 43.9 Å². The van der Waals surface area contributed by atoms with E-state index in [9.17, 15) is 4.79 Å². The van der Waals surface area contributed by atoms with Crippen molar-refractivity contribution in [3.8, 4) is 0 Å². The predicted octanol–water partition coefficient (Wildman–Crippen LogP) is 1.61. The summed E-state index contributed by atoms with van der Waals surface area (Å²) in [6.07, 6.45) is 4.52. The first-order valence-electron chi connectivity index (χ1n) is 7.43. The molecule has 1 heterocycles. The van der Waals surface area contributed by atoms with Gasteiger partial charge in [-0.25, -0.2) is 9.78 Å². The van der Waals surface area contributed by atoms with Crippen LogP contribution in [-0.2, 0) is 28.9 Å². The molecule has 0 amide bonds. The van der Waals surface area contributed by atoms with Crippen LogP contribution in [-0.4, -0.2) is 34.7 Å². The summed E-state index contributed by atoms with van der Waals surface area (Å²) >= 11 is 0. The van der Waals surface area contributed by atoms with Crippen LogP contribution in [0.15, 0.2) is 0 Å². The van der Waals surface area contributed by atoms with Crippen LogP contribution < -0.4 is 5.32 Å². The van der Waals surface area contributed by atoms with Gasteiger partial charge in [0.1, 0.15) is 11.4 Å². The molecule has 0 aromatic carbocycles. The lowest BCUT2D eigenvalue weighted by atomic mass is 9.99. The molecule has 0 saturated heterocycles. The molecule has 1 aliphatic carbocycles. The number of carbonyl (C=O) groups is 1. The SMILES string of the molecule is CCOC(=O)C(C)(Cn1c(C)nc2c1CCCC2)NC. The maximum absolute atomic E-state index is 12.2. The van der Waals surface area contributed by atoms with Crippen molar-refractivity contribution in [3.05, 3.63) is 17.2 Å². The number of aryl methyl sites for hydroxylation is 2. The minimum absolute atomic E-state index is 0.208. The van der Waals surface area contributed by atoms with Gasteiger partial charge in [0, 0.05) is 5.69 Å². The molecule has 0 radical (unpaired) electrons. The standard InChI is InChI=1S/C15H25N3O2/c1-5-20-14(19)15(3,16-4)10-18-11(2)17-12-8-6-7-9-13(12)18/h16H,5-10H2,1-4H3. The van der Waals surface area contributed by atoms with Crippen LogP contribution in [0.2, 0.25) is 0 Å². The average molecular weight is 279 g/mol. The normalized spacial score (nSPS) is 17.4. The van der Waals surface area contributed by atoms with E-state index in [2.05, 4.69) is 14.9 Å². The fourth-order valence-electron chi connectivity index (χ4n) is 2.80. The van der Waals surface area contributed by atoms with E-state index < -0.39 is 5.54 Å². The Morgan fingerprint density at radius 2 is 2.15 bits per heavy atom. The van der Waals surface area contributed by atoms with Crippen molar-refractivity contribution >= 4 is 5.97 Å². The van der Waals surface area contributed by atoms with Crippen LogP contribution in [0, 0.1) is 6.92 Å². The third kappa shape index (κ3) is 2.73. The van der Waals surface area contributed by atoms with Gasteiger partial charge in [0.2, 0.25) is 0 Å². The number of aromatic nitrogens is 2. The third-order valence-corrected chi connectivity index (χ3v) is 4.18. The number of fused-ring (bicyclic) bond motifs is 1. The lowest BCUT2D eigenvalue weighted by molar-refractivity contribution is -0.150. The van der Waals surface area contributed by atoms with Gasteiger partial charge in [-0.2, -0.15) is 0 Å². The summed E-state index contributed by atoms with van der Waals surface area (Å²) in [5.41, 5.74) is 1.78. The predicted molar refractivity (Wildman–Crippen MR) is 77.7 cm³/mol. The van der Waals surface area contributed by atoms with Gasteiger partial charge in [0.05, 0.1) is 18.8 Å². The number of nitrogens with one attached hydrogen (secondary N) is 1. The Bertz CT molecular complexity index is 496. The maximum atomic E-state index is 12.2. The molecule has 20 heavy (non-hydrogen) atoms. The van der Waals surface area contributed by atoms with E-state index >= 15 is 0 Å². The molecule has 0 spiro atoms. The van der Waals surface area contributed by atoms with Gasteiger partial charge >= 0.3 is 5.97 Å². The second-order valence-corrected chi connectivity index (χ2v) is 5.65. The first kappa shape index (κ1) is 15.0. The van der Waals surface area contributed by atoms with E-state index in [0.717, 1.165) is 18.7 Å². The second kappa shape index (κ2) is 5.95. The molecule has 0 aliphatic heterocycles. The fraction of sp³-hybridized carbons (Fsp3) is 0.733. The molecule has 0 fully saturated rings. The molecular formula is C15H25N3O2. The van der Waals surface area contributed by atoms with Gasteiger partial charge < -0.3 is 14.6 Å². The maximum Gasteiger partial charge on any atom is 0.327 e. The molecule has 1 unspecified atom stereocenters. The van der Waals surface area contributed by atoms with E-state index in [4.69, 9.17) is 4.74 Å². The van der Waals surface area contributed by atoms with E-state index in [1.807, 2.05) is 20.8 Å². The van der Waals surface area contributed by atoms with Crippen molar-refractivity contribution in [1.82, 2.24) is 14.9 Å². The Morgan fingerprint density at radius 3 is 2.80 bits per heavy atom. The van der Waals surface area contributed by atoms with Gasteiger partial charge in [-0.1, -0.05) is 0 Å². The Hall–Kier alpha value is -1.36. The van der Waals surface area contributed by atoms with E-state index in [0.29, 0.717) is 13.2 Å². The number of imidazole rings is 1. The van der Waals surface area contributed by atoms with E-state index in [1.165, 1.54) is 24.2 Å². The highest BCUT2D eigenvalue weighted by molar-refractivity contribution is 5.80. The largest absolute Gasteiger partial charge is 0.465 e. The number of rotatable bonds is 5. The molecule has 1 aromatic heterocycles. The highest BCUT2D eigenvalue weighted by Crippen LogP contribution is 2.24. The number of hydrogen-bond donors (Lipinski definition) is 1. The summed E-state index contributed by atoms with van der Waals surface area (Å²) < 4.78 is 7.38. The smallest absolute Gasteiger partial charge is 0.327 e. The first-order chi connectivity index (χ1) is 9.51. The summed E-state index contributed by atoms with van der Waals surface area (Å²) in [5, 5.41) is 3.11. The minimum atomic E-state index is -0.716. The molecule has 2 rings (SSSR count). The fourth-order valence-corrected chi connectivity index (χ4v) is 2.80. The molecule has 112 valence electrons. The summed E-state index contributed by atoms with van der Waals surface area (Å²) in [6.45, 7) is 6.70. The number of likely N-dealkylation sites (N-methyl/N-ethyl adjacent to an activating group) is 1. The monoisotopic (exact) mass is 279 g/mol. The Kier molecular flexibility index (Phi) is 4.48. The summed E-state index contributed by atoms with van der Waals surface area (Å²) in [5.74, 6) is 0.780. The quantitative estimate of drug-likeness (QED) is 0.832. The number of esters is 1. The molecule has 0 saturated carbocycles. The molecule has 1 N–H and O–H groups in total. The van der Waals surface area contributed by atoms with Crippen molar-refractivity contribution in [1.29, 1.82) is 0 Å². The zero-order chi connectivity index (χ0) is 14.8. The third-order valence-electron chi connectivity index (χ3n) is 4.18. The van der Waals surface area contributed by atoms with Gasteiger partial charge in [-0.05, 0) is 53.5 Å². The molecule has 0 bridgehead atoms. The van der Waals surface area contributed by atoms with Gasteiger partial charge in [0.25, 0.3) is 0 Å². The van der Waals surface area contributed by atoms with Crippen molar-refractivity contribution in [2.45, 2.75) is 58.5 Å². The summed E-state index contributed by atoms with van der Waals surface area (Å²) in [4.78, 5) is 16.8. The highest BCUT2D eigenvalue weighted by Gasteiger charge is 2.35. The lowest BCUT2D eigenvalue weighted by Crippen LogP contribution is -2.52. The highest BCUT2D eigenvalue weighted by atomic mass is 16.5. The topological polar surface area (TPSA) is 56.2 Å². The number of carbonyl (C=O) groups excluding carboxylic acids is 1. The van der Waals surface area contributed by atoms with Crippen LogP contribution >= 0.6 is 0 Å². The van der Waals surface area contributed by atoms with Crippen LogP contribution in [0.5, 0.6) is 0 Å². The second-order valence-electron chi connectivity index (χ2n) is 5.65. The average Bonchev–Trinajstić information content (AvgIpc) is 2.75. The number of hydrogen-bond acceptors (Lipinski definition) is 4. The molecule has 5 nitrogen and oxygen atoms in total. The Balaban J connectivity index is 2.28. The van der Waals surface area contributed by atoms with Gasteiger partial charge in [-0.15, -0.1) is 0 Å². The molecular weight excluding hydrogens is 254 g/mol. The van der Waals surface area contributed by atoms with Crippen LogP contribution in [0.25, 0.3) is 0 Å². The van der Waals surface area contributed by atoms with E-state index in [1.54, 1.807) is 7.05 Å². The molecule has 1 aromatic rings. The Morgan fingerprint density at radius 1 is 1.45 bits per heavy atom. The summed E-state index contributed by atoms with van der Waals surface area (Å²) in [6, 6.07) is 0. The molecule has 1 atom stereocenters. The summed E-state index contributed by atoms with van der Waals surface area (Å²) in [7, 11) is 1.80. The number of nitrogens with zero attached hydrogens (tertiary/aromatic N) is 2. The van der Waals surface area contributed by atoms with Crippen molar-refractivity contribution in [3.63, 3.8) is 0 Å². The van der Waals surface area contributed by atoms with Crippen LogP contribution in [0.4, 0.5) is 0 Å². The van der Waals surface area contributed by atoms with Gasteiger partial charge in [-0.3, -0.25) is 0 Å². The number of ether oxygens (including phenoxy) is 1. The Labute approximate surface area is 120 Å². The molecule has 5 heteroatoms. The lowest BCUT2D eigenvalue weighted by Gasteiger charge is -2.29.